The molecule has 0 rings (SSSR count). The first kappa shape index (κ1) is 12.1. The Labute approximate surface area is 75.4 Å². The SMILES string of the molecule is CC(C)(C)CCCC[Si](O)(O)O. The zero-order valence-electron chi connectivity index (χ0n) is 8.17. The quantitative estimate of drug-likeness (QED) is 0.462. The van der Waals surface area contributed by atoms with E-state index in [0.717, 1.165) is 12.8 Å². The van der Waals surface area contributed by atoms with E-state index < -0.39 is 8.80 Å². The maximum atomic E-state index is 8.70. The van der Waals surface area contributed by atoms with Gasteiger partial charge in [-0.1, -0.05) is 27.2 Å². The molecule has 0 aromatic heterocycles. The van der Waals surface area contributed by atoms with Crippen LogP contribution in [0.3, 0.4) is 0 Å². The molecular weight excluding hydrogens is 172 g/mol. The van der Waals surface area contributed by atoms with Gasteiger partial charge in [-0.25, -0.2) is 0 Å². The second-order valence-corrected chi connectivity index (χ2v) is 6.59. The van der Waals surface area contributed by atoms with Gasteiger partial charge in [0.1, 0.15) is 0 Å². The van der Waals surface area contributed by atoms with E-state index in [0.29, 0.717) is 11.8 Å². The van der Waals surface area contributed by atoms with Crippen molar-refractivity contribution in [2.45, 2.75) is 46.1 Å². The molecule has 0 atom stereocenters. The van der Waals surface area contributed by atoms with Gasteiger partial charge in [0.2, 0.25) is 0 Å². The van der Waals surface area contributed by atoms with E-state index in [2.05, 4.69) is 20.8 Å². The van der Waals surface area contributed by atoms with Crippen molar-refractivity contribution >= 4 is 8.80 Å². The van der Waals surface area contributed by atoms with E-state index in [9.17, 15) is 0 Å². The van der Waals surface area contributed by atoms with E-state index in [1.165, 1.54) is 0 Å². The first-order valence-corrected chi connectivity index (χ1v) is 6.43. The van der Waals surface area contributed by atoms with Crippen LogP contribution in [-0.2, 0) is 0 Å². The Bertz CT molecular complexity index is 107. The largest absolute Gasteiger partial charge is 0.492 e. The molecule has 4 heteroatoms. The highest BCUT2D eigenvalue weighted by atomic mass is 28.4. The fourth-order valence-electron chi connectivity index (χ4n) is 1.02. The second kappa shape index (κ2) is 4.37. The molecule has 0 unspecified atom stereocenters. The molecular formula is C8H20O3Si. The fourth-order valence-corrected chi connectivity index (χ4v) is 1.74. The van der Waals surface area contributed by atoms with Crippen molar-refractivity contribution in [2.75, 3.05) is 0 Å². The summed E-state index contributed by atoms with van der Waals surface area (Å²) in [5.74, 6) is 0. The number of hydrogen-bond acceptors (Lipinski definition) is 3. The molecule has 0 radical (unpaired) electrons. The molecule has 0 aliphatic carbocycles. The van der Waals surface area contributed by atoms with E-state index in [4.69, 9.17) is 14.4 Å². The Morgan fingerprint density at radius 1 is 1.00 bits per heavy atom. The Balaban J connectivity index is 3.35. The lowest BCUT2D eigenvalue weighted by molar-refractivity contribution is 0.224. The summed E-state index contributed by atoms with van der Waals surface area (Å²) in [5, 5.41) is 0. The molecule has 3 nitrogen and oxygen atoms in total. The third-order valence-electron chi connectivity index (χ3n) is 1.69. The summed E-state index contributed by atoms with van der Waals surface area (Å²) in [6.07, 6.45) is 2.70. The molecule has 0 saturated carbocycles. The van der Waals surface area contributed by atoms with Crippen molar-refractivity contribution in [3.8, 4) is 0 Å². The van der Waals surface area contributed by atoms with Crippen LogP contribution in [0, 0.1) is 5.41 Å². The van der Waals surface area contributed by atoms with Crippen LogP contribution in [0.25, 0.3) is 0 Å². The van der Waals surface area contributed by atoms with Crippen LogP contribution in [0.1, 0.15) is 40.0 Å². The van der Waals surface area contributed by atoms with Crippen LogP contribution in [0.15, 0.2) is 0 Å². The van der Waals surface area contributed by atoms with Gasteiger partial charge in [-0.3, -0.25) is 0 Å². The van der Waals surface area contributed by atoms with Crippen molar-refractivity contribution < 1.29 is 14.4 Å². The van der Waals surface area contributed by atoms with Crippen LogP contribution >= 0.6 is 0 Å². The Morgan fingerprint density at radius 3 is 1.83 bits per heavy atom. The first-order valence-electron chi connectivity index (χ1n) is 4.38. The highest BCUT2D eigenvalue weighted by Gasteiger charge is 2.25. The second-order valence-electron chi connectivity index (χ2n) is 4.54. The van der Waals surface area contributed by atoms with Crippen LogP contribution in [-0.4, -0.2) is 23.2 Å². The summed E-state index contributed by atoms with van der Waals surface area (Å²) in [6, 6.07) is 0.170. The minimum absolute atomic E-state index is 0.170. The number of unbranched alkanes of at least 4 members (excludes halogenated alkanes) is 1. The molecule has 3 N–H and O–H groups in total. The summed E-state index contributed by atoms with van der Waals surface area (Å²) in [7, 11) is -3.75. The molecule has 0 aliphatic rings. The van der Waals surface area contributed by atoms with Crippen molar-refractivity contribution in [3.05, 3.63) is 0 Å². The zero-order chi connectivity index (χ0) is 9.83. The summed E-state index contributed by atoms with van der Waals surface area (Å²) < 4.78 is 0. The van der Waals surface area contributed by atoms with Crippen molar-refractivity contribution in [1.82, 2.24) is 0 Å². The zero-order valence-corrected chi connectivity index (χ0v) is 9.17. The molecule has 0 aromatic carbocycles. The van der Waals surface area contributed by atoms with Gasteiger partial charge in [-0.05, 0) is 18.3 Å². The van der Waals surface area contributed by atoms with Crippen molar-refractivity contribution in [3.63, 3.8) is 0 Å². The van der Waals surface area contributed by atoms with Gasteiger partial charge in [-0.15, -0.1) is 0 Å². The minimum atomic E-state index is -3.75. The highest BCUT2D eigenvalue weighted by Crippen LogP contribution is 2.22. The number of hydrogen-bond donors (Lipinski definition) is 3. The molecule has 0 bridgehead atoms. The van der Waals surface area contributed by atoms with Gasteiger partial charge in [0.25, 0.3) is 0 Å². The van der Waals surface area contributed by atoms with Gasteiger partial charge < -0.3 is 14.4 Å². The predicted molar refractivity (Wildman–Crippen MR) is 50.5 cm³/mol. The molecule has 0 saturated heterocycles. The summed E-state index contributed by atoms with van der Waals surface area (Å²) >= 11 is 0. The molecule has 0 heterocycles. The fraction of sp³-hybridized carbons (Fsp3) is 1.00. The lowest BCUT2D eigenvalue weighted by Gasteiger charge is -2.18. The molecule has 0 aromatic rings. The van der Waals surface area contributed by atoms with Crippen molar-refractivity contribution in [1.29, 1.82) is 0 Å². The molecule has 0 amide bonds. The summed E-state index contributed by atoms with van der Waals surface area (Å²) in [5.41, 5.74) is 0.296. The van der Waals surface area contributed by atoms with Gasteiger partial charge >= 0.3 is 8.80 Å². The maximum Gasteiger partial charge on any atom is 0.492 e. The Kier molecular flexibility index (Phi) is 4.40. The Hall–Kier alpha value is 0.0969. The average Bonchev–Trinajstić information content (AvgIpc) is 1.76. The van der Waals surface area contributed by atoms with Crippen LogP contribution in [0.2, 0.25) is 6.04 Å². The van der Waals surface area contributed by atoms with Crippen LogP contribution < -0.4 is 0 Å². The van der Waals surface area contributed by atoms with Gasteiger partial charge in [0.05, 0.1) is 0 Å². The van der Waals surface area contributed by atoms with E-state index >= 15 is 0 Å². The van der Waals surface area contributed by atoms with Crippen molar-refractivity contribution in [2.24, 2.45) is 5.41 Å². The molecule has 12 heavy (non-hydrogen) atoms. The normalized spacial score (nSPS) is 13.5. The van der Waals surface area contributed by atoms with E-state index in [1.807, 2.05) is 0 Å². The third kappa shape index (κ3) is 10.1. The molecule has 0 spiro atoms. The minimum Gasteiger partial charge on any atom is -0.390 e. The highest BCUT2D eigenvalue weighted by molar-refractivity contribution is 6.56. The van der Waals surface area contributed by atoms with E-state index in [1.54, 1.807) is 0 Å². The lowest BCUT2D eigenvalue weighted by Crippen LogP contribution is -2.34. The monoisotopic (exact) mass is 192 g/mol. The molecule has 74 valence electrons. The van der Waals surface area contributed by atoms with E-state index in [-0.39, 0.29) is 6.04 Å². The standard InChI is InChI=1S/C8H20O3Si/c1-8(2,3)6-4-5-7-12(9,10)11/h9-11H,4-7H2,1-3H3. The number of rotatable bonds is 4. The predicted octanol–water partition coefficient (Wildman–Crippen LogP) is 1.12. The average molecular weight is 192 g/mol. The smallest absolute Gasteiger partial charge is 0.390 e. The summed E-state index contributed by atoms with van der Waals surface area (Å²) in [6.45, 7) is 6.44. The third-order valence-corrected chi connectivity index (χ3v) is 2.71. The lowest BCUT2D eigenvalue weighted by atomic mass is 9.90. The Morgan fingerprint density at radius 2 is 1.50 bits per heavy atom. The molecule has 0 fully saturated rings. The van der Waals surface area contributed by atoms with Crippen LogP contribution in [0.4, 0.5) is 0 Å². The van der Waals surface area contributed by atoms with Gasteiger partial charge in [0, 0.05) is 6.04 Å². The van der Waals surface area contributed by atoms with Crippen LogP contribution in [0.5, 0.6) is 0 Å². The first-order chi connectivity index (χ1) is 5.21. The summed E-state index contributed by atoms with van der Waals surface area (Å²) in [4.78, 5) is 26.1. The van der Waals surface area contributed by atoms with Gasteiger partial charge in [0.15, 0.2) is 0 Å². The topological polar surface area (TPSA) is 60.7 Å². The van der Waals surface area contributed by atoms with Gasteiger partial charge in [-0.2, -0.15) is 0 Å². The maximum absolute atomic E-state index is 8.70. The molecule has 0 aliphatic heterocycles.